The minimum atomic E-state index is -0.114. The van der Waals surface area contributed by atoms with Crippen LogP contribution < -0.4 is 9.47 Å². The Labute approximate surface area is 396 Å². The van der Waals surface area contributed by atoms with Crippen molar-refractivity contribution in [2.24, 2.45) is 0 Å². The third-order valence-electron chi connectivity index (χ3n) is 10.9. The molecule has 67 heavy (non-hydrogen) atoms. The highest BCUT2D eigenvalue weighted by atomic mass is 32.1. The summed E-state index contributed by atoms with van der Waals surface area (Å²) in [5.74, 6) is 2.08. The van der Waals surface area contributed by atoms with E-state index in [0.717, 1.165) is 64.7 Å². The third kappa shape index (κ3) is 11.0. The quantitative estimate of drug-likeness (QED) is 0.0614. The number of hydrogen-bond donors (Lipinski definition) is 2. The van der Waals surface area contributed by atoms with Crippen LogP contribution >= 0.6 is 22.7 Å². The fourth-order valence-electron chi connectivity index (χ4n) is 7.43. The lowest BCUT2D eigenvalue weighted by molar-refractivity contribution is -0.124. The number of thiophene rings is 2. The number of phenols is 2. The molecular weight excluding hydrogens is 885 g/mol. The smallest absolute Gasteiger partial charge is 0.297 e. The van der Waals surface area contributed by atoms with E-state index in [1.54, 1.807) is 72.8 Å². The van der Waals surface area contributed by atoms with Crippen molar-refractivity contribution in [3.8, 4) is 34.5 Å². The zero-order valence-electron chi connectivity index (χ0n) is 36.8. The van der Waals surface area contributed by atoms with Gasteiger partial charge < -0.3 is 29.2 Å². The van der Waals surface area contributed by atoms with Gasteiger partial charge in [-0.15, -0.1) is 22.7 Å². The number of ether oxygens (including phenoxy) is 4. The van der Waals surface area contributed by atoms with Crippen molar-refractivity contribution < 1.29 is 48.3 Å². The molecule has 2 aromatic heterocycles. The normalized spacial score (nSPS) is 11.0. The molecule has 0 unspecified atom stereocenters. The average molecular weight is 933 g/mol. The van der Waals surface area contributed by atoms with E-state index in [1.165, 1.54) is 35.2 Å². The van der Waals surface area contributed by atoms with Crippen molar-refractivity contribution in [2.45, 2.75) is 49.0 Å². The molecule has 0 aliphatic carbocycles. The van der Waals surface area contributed by atoms with Crippen LogP contribution in [0.15, 0.2) is 122 Å². The molecular formula is C55H48O10S2. The lowest BCUT2D eigenvalue weighted by atomic mass is 9.95. The van der Waals surface area contributed by atoms with Crippen LogP contribution in [0, 0.1) is 41.5 Å². The second-order valence-corrected chi connectivity index (χ2v) is 17.5. The lowest BCUT2D eigenvalue weighted by Crippen LogP contribution is -2.06. The molecule has 0 radical (unpaired) electrons. The maximum absolute atomic E-state index is 13.7. The molecule has 8 aromatic rings. The van der Waals surface area contributed by atoms with Crippen LogP contribution in [0.1, 0.15) is 82.4 Å². The number of rotatable bonds is 14. The number of aryl methyl sites for hydroxylation is 4. The van der Waals surface area contributed by atoms with E-state index in [4.69, 9.17) is 9.47 Å². The van der Waals surface area contributed by atoms with Gasteiger partial charge in [-0.1, -0.05) is 61.5 Å². The van der Waals surface area contributed by atoms with Crippen LogP contribution in [0.3, 0.4) is 0 Å². The van der Waals surface area contributed by atoms with Crippen molar-refractivity contribution >= 4 is 79.5 Å². The number of carbonyl (C=O) groups is 4. The van der Waals surface area contributed by atoms with Gasteiger partial charge in [0.2, 0.25) is 11.6 Å². The van der Waals surface area contributed by atoms with Gasteiger partial charge in [-0.25, -0.2) is 0 Å². The van der Waals surface area contributed by atoms with Crippen molar-refractivity contribution in [3.63, 3.8) is 0 Å². The van der Waals surface area contributed by atoms with Crippen LogP contribution in [0.25, 0.3) is 32.3 Å². The summed E-state index contributed by atoms with van der Waals surface area (Å²) < 4.78 is 23.1. The van der Waals surface area contributed by atoms with Crippen molar-refractivity contribution in [2.75, 3.05) is 0 Å². The largest absolute Gasteiger partial charge is 0.508 e. The molecule has 340 valence electrons. The van der Waals surface area contributed by atoms with Gasteiger partial charge in [-0.3, -0.25) is 19.2 Å². The number of phenolic OH excluding ortho intramolecular Hbond substituents is 2. The monoisotopic (exact) mass is 932 g/mol. The zero-order valence-corrected chi connectivity index (χ0v) is 38.5. The number of carbonyl (C=O) groups excluding carboxylic acids is 4. The number of hydrogen-bond acceptors (Lipinski definition) is 12. The minimum absolute atomic E-state index is 0. The Morgan fingerprint density at radius 1 is 0.522 bits per heavy atom. The third-order valence-corrected chi connectivity index (χ3v) is 13.1. The summed E-state index contributed by atoms with van der Waals surface area (Å²) in [6, 6.07) is 32.1. The molecule has 0 amide bonds. The van der Waals surface area contributed by atoms with E-state index >= 15 is 0 Å². The number of ketones is 2. The summed E-state index contributed by atoms with van der Waals surface area (Å²) in [5, 5.41) is 21.4. The summed E-state index contributed by atoms with van der Waals surface area (Å²) in [6.07, 6.45) is 5.90. The minimum Gasteiger partial charge on any atom is -0.508 e. The lowest BCUT2D eigenvalue weighted by Gasteiger charge is -2.12. The average Bonchev–Trinajstić information content (AvgIpc) is 3.83. The first-order valence-corrected chi connectivity index (χ1v) is 22.2. The topological polar surface area (TPSA) is 146 Å². The van der Waals surface area contributed by atoms with E-state index in [9.17, 15) is 29.4 Å². The van der Waals surface area contributed by atoms with E-state index in [-0.39, 0.29) is 30.5 Å². The van der Waals surface area contributed by atoms with E-state index in [2.05, 4.69) is 9.47 Å². The Morgan fingerprint density at radius 2 is 0.970 bits per heavy atom. The molecule has 0 fully saturated rings. The first-order valence-electron chi connectivity index (χ1n) is 20.6. The van der Waals surface area contributed by atoms with Gasteiger partial charge in [0.25, 0.3) is 12.9 Å². The van der Waals surface area contributed by atoms with Crippen molar-refractivity contribution in [3.05, 3.63) is 187 Å². The first-order chi connectivity index (χ1) is 31.8. The highest BCUT2D eigenvalue weighted by Gasteiger charge is 2.26. The number of fused-ring (bicyclic) bond motifs is 2. The predicted octanol–water partition coefficient (Wildman–Crippen LogP) is 14.0. The van der Waals surface area contributed by atoms with E-state index in [1.807, 2.05) is 90.1 Å². The fraction of sp³-hybridized carbons (Fsp3) is 0.127. The second-order valence-electron chi connectivity index (χ2n) is 15.4. The molecule has 8 rings (SSSR count). The molecule has 2 N–H and O–H groups in total. The molecule has 6 aromatic carbocycles. The first kappa shape index (κ1) is 48.7. The van der Waals surface area contributed by atoms with Gasteiger partial charge in [-0.2, -0.15) is 0 Å². The summed E-state index contributed by atoms with van der Waals surface area (Å²) >= 11 is 2.60. The predicted molar refractivity (Wildman–Crippen MR) is 267 cm³/mol. The van der Waals surface area contributed by atoms with Gasteiger partial charge in [0.1, 0.15) is 32.8 Å². The highest BCUT2D eigenvalue weighted by Crippen LogP contribution is 2.45. The zero-order chi connectivity index (χ0) is 47.1. The standard InChI is InChI=1S/2C27H22O5S.CH4/c1-16-4-10-22(18(3)17(16)2)25(30)27-26(23-11-7-20(29)14-24(23)33-27)32-21-8-5-19(6-9-21)12-13-31-15-28;1-16-12-17(2)24(18(3)13-16)25(30)27-26(22-9-6-20(29)14-23(22)33-27)32-21-7-4-19(5-8-21)10-11-31-15-28;/h2*4-15,29H,1-3H3;1H4/b13-12+;11-10+;. The van der Waals surface area contributed by atoms with Gasteiger partial charge in [0.15, 0.2) is 11.5 Å². The van der Waals surface area contributed by atoms with E-state index < -0.39 is 0 Å². The summed E-state index contributed by atoms with van der Waals surface area (Å²) in [4.78, 5) is 48.8. The molecule has 0 aliphatic rings. The maximum Gasteiger partial charge on any atom is 0.297 e. The van der Waals surface area contributed by atoms with Crippen molar-refractivity contribution in [1.82, 2.24) is 0 Å². The van der Waals surface area contributed by atoms with Crippen LogP contribution in [0.5, 0.6) is 34.5 Å². The number of aromatic hydroxyl groups is 2. The Hall–Kier alpha value is -7.80. The molecule has 0 atom stereocenters. The van der Waals surface area contributed by atoms with Gasteiger partial charge in [-0.05, 0) is 153 Å². The molecule has 12 heteroatoms. The maximum atomic E-state index is 13.7. The molecule has 10 nitrogen and oxygen atoms in total. The molecule has 0 saturated heterocycles. The van der Waals surface area contributed by atoms with Gasteiger partial charge >= 0.3 is 0 Å². The SMILES string of the molecule is C.Cc1cc(C)c(C(=O)c2sc3cc(O)ccc3c2Oc2ccc(/C=C/OC=O)cc2)c(C)c1.Cc1ccc(C(=O)c2sc3cc(O)ccc3c2Oc2ccc(/C=C/OC=O)cc2)c(C)c1C. The van der Waals surface area contributed by atoms with Crippen LogP contribution in [-0.4, -0.2) is 34.7 Å². The highest BCUT2D eigenvalue weighted by molar-refractivity contribution is 7.22. The molecule has 0 bridgehead atoms. The second kappa shape index (κ2) is 21.5. The Morgan fingerprint density at radius 3 is 1.42 bits per heavy atom. The Bertz CT molecular complexity index is 3170. The van der Waals surface area contributed by atoms with Crippen LogP contribution in [0.2, 0.25) is 0 Å². The van der Waals surface area contributed by atoms with E-state index in [0.29, 0.717) is 56.8 Å². The number of benzene rings is 6. The Kier molecular flexibility index (Phi) is 15.6. The fourth-order valence-corrected chi connectivity index (χ4v) is 9.66. The molecule has 0 saturated carbocycles. The Balaban J connectivity index is 0.000000218. The van der Waals surface area contributed by atoms with Crippen LogP contribution in [0.4, 0.5) is 0 Å². The van der Waals surface area contributed by atoms with Crippen molar-refractivity contribution in [1.29, 1.82) is 0 Å². The summed E-state index contributed by atoms with van der Waals surface area (Å²) in [5.41, 5.74) is 9.05. The summed E-state index contributed by atoms with van der Waals surface area (Å²) in [6.45, 7) is 12.6. The molecule has 2 heterocycles. The van der Waals surface area contributed by atoms with Gasteiger partial charge in [0, 0.05) is 31.3 Å². The molecule has 0 spiro atoms. The van der Waals surface area contributed by atoms with Crippen LogP contribution in [-0.2, 0) is 19.1 Å². The molecule has 0 aliphatic heterocycles. The van der Waals surface area contributed by atoms with Gasteiger partial charge in [0.05, 0.1) is 12.5 Å². The summed E-state index contributed by atoms with van der Waals surface area (Å²) in [7, 11) is 0.